The monoisotopic (exact) mass is 296 g/mol. The molecule has 0 heterocycles. The van der Waals surface area contributed by atoms with Crippen molar-refractivity contribution in [3.05, 3.63) is 12.2 Å². The van der Waals surface area contributed by atoms with Crippen LogP contribution in [-0.2, 0) is 4.79 Å². The number of hydrogen-bond donors (Lipinski definition) is 1. The van der Waals surface area contributed by atoms with E-state index in [1.54, 1.807) is 0 Å². The summed E-state index contributed by atoms with van der Waals surface area (Å²) in [7, 11) is 0. The van der Waals surface area contributed by atoms with Crippen molar-refractivity contribution >= 4 is 5.97 Å². The smallest absolute Gasteiger partial charge is 0.303 e. The van der Waals surface area contributed by atoms with Crippen LogP contribution in [0.15, 0.2) is 12.2 Å². The Morgan fingerprint density at radius 2 is 1.57 bits per heavy atom. The van der Waals surface area contributed by atoms with Crippen molar-refractivity contribution in [1.29, 1.82) is 0 Å². The summed E-state index contributed by atoms with van der Waals surface area (Å²) in [5, 5.41) is 8.55. The van der Waals surface area contributed by atoms with Gasteiger partial charge in [-0.25, -0.2) is 0 Å². The minimum absolute atomic E-state index is 0.334. The van der Waals surface area contributed by atoms with Crippen LogP contribution in [0.1, 0.15) is 97.3 Å². The van der Waals surface area contributed by atoms with Crippen LogP contribution in [0.4, 0.5) is 0 Å². The van der Waals surface area contributed by atoms with Crippen molar-refractivity contribution in [3.63, 3.8) is 0 Å². The topological polar surface area (TPSA) is 37.3 Å². The lowest BCUT2D eigenvalue weighted by molar-refractivity contribution is -0.137. The Balaban J connectivity index is 3.26. The van der Waals surface area contributed by atoms with Crippen LogP contribution in [0.5, 0.6) is 0 Å². The number of aliphatic carboxylic acids is 1. The third-order valence-corrected chi connectivity index (χ3v) is 4.05. The lowest BCUT2D eigenvalue weighted by atomic mass is 9.97. The van der Waals surface area contributed by atoms with E-state index in [-0.39, 0.29) is 0 Å². The molecule has 0 aromatic carbocycles. The van der Waals surface area contributed by atoms with E-state index in [4.69, 9.17) is 5.11 Å². The molecular formula is C19H36O2. The van der Waals surface area contributed by atoms with Crippen LogP contribution in [0.25, 0.3) is 0 Å². The normalized spacial score (nSPS) is 12.9. The summed E-state index contributed by atoms with van der Waals surface area (Å²) >= 11 is 0. The van der Waals surface area contributed by atoms with Gasteiger partial charge in [0.05, 0.1) is 0 Å². The Labute approximate surface area is 132 Å². The number of carboxylic acid groups (broad SMARTS) is 1. The lowest BCUT2D eigenvalue weighted by Crippen LogP contribution is -1.95. The second kappa shape index (κ2) is 15.6. The van der Waals surface area contributed by atoms with Crippen molar-refractivity contribution in [3.8, 4) is 0 Å². The van der Waals surface area contributed by atoms with E-state index in [0.29, 0.717) is 6.42 Å². The van der Waals surface area contributed by atoms with Crippen LogP contribution in [0, 0.1) is 5.92 Å². The first-order chi connectivity index (χ1) is 10.2. The highest BCUT2D eigenvalue weighted by Crippen LogP contribution is 2.16. The Hall–Kier alpha value is -0.790. The maximum absolute atomic E-state index is 10.4. The molecule has 0 spiro atoms. The number of hydrogen-bond acceptors (Lipinski definition) is 1. The van der Waals surface area contributed by atoms with E-state index >= 15 is 0 Å². The molecular weight excluding hydrogens is 260 g/mol. The molecule has 0 aliphatic rings. The predicted molar refractivity (Wildman–Crippen MR) is 91.6 cm³/mol. The SMILES string of the molecule is CCCCC/C=C/CCC(C)CCCCCCCC(=O)O. The first-order valence-corrected chi connectivity index (χ1v) is 9.03. The molecule has 2 heteroatoms. The zero-order valence-electron chi connectivity index (χ0n) is 14.3. The van der Waals surface area contributed by atoms with Crippen LogP contribution >= 0.6 is 0 Å². The Bertz CT molecular complexity index is 258. The van der Waals surface area contributed by atoms with Gasteiger partial charge in [0.1, 0.15) is 0 Å². The molecule has 21 heavy (non-hydrogen) atoms. The fraction of sp³-hybridized carbons (Fsp3) is 0.842. The van der Waals surface area contributed by atoms with Crippen LogP contribution in [0.2, 0.25) is 0 Å². The van der Waals surface area contributed by atoms with Gasteiger partial charge in [-0.2, -0.15) is 0 Å². The Morgan fingerprint density at radius 1 is 0.905 bits per heavy atom. The highest BCUT2D eigenvalue weighted by molar-refractivity contribution is 5.66. The quantitative estimate of drug-likeness (QED) is 0.282. The van der Waals surface area contributed by atoms with Gasteiger partial charge in [0, 0.05) is 6.42 Å². The Morgan fingerprint density at radius 3 is 2.29 bits per heavy atom. The number of unbranched alkanes of at least 4 members (excludes halogenated alkanes) is 7. The minimum Gasteiger partial charge on any atom is -0.481 e. The number of rotatable bonds is 15. The van der Waals surface area contributed by atoms with Crippen molar-refractivity contribution < 1.29 is 9.90 Å². The molecule has 0 rings (SSSR count). The first kappa shape index (κ1) is 20.2. The largest absolute Gasteiger partial charge is 0.481 e. The second-order valence-electron chi connectivity index (χ2n) is 6.35. The third-order valence-electron chi connectivity index (χ3n) is 4.05. The van der Waals surface area contributed by atoms with Gasteiger partial charge >= 0.3 is 5.97 Å². The van der Waals surface area contributed by atoms with Crippen LogP contribution < -0.4 is 0 Å². The molecule has 2 nitrogen and oxygen atoms in total. The van der Waals surface area contributed by atoms with E-state index in [9.17, 15) is 4.79 Å². The summed E-state index contributed by atoms with van der Waals surface area (Å²) in [6, 6.07) is 0. The molecule has 1 unspecified atom stereocenters. The maximum atomic E-state index is 10.4. The van der Waals surface area contributed by atoms with Crippen LogP contribution in [0.3, 0.4) is 0 Å². The van der Waals surface area contributed by atoms with Gasteiger partial charge in [0.25, 0.3) is 0 Å². The first-order valence-electron chi connectivity index (χ1n) is 9.03. The molecule has 0 saturated carbocycles. The number of carbonyl (C=O) groups is 1. The molecule has 0 aliphatic carbocycles. The van der Waals surface area contributed by atoms with E-state index in [0.717, 1.165) is 18.8 Å². The van der Waals surface area contributed by atoms with E-state index in [1.807, 2.05) is 0 Å². The van der Waals surface area contributed by atoms with Crippen LogP contribution in [-0.4, -0.2) is 11.1 Å². The van der Waals surface area contributed by atoms with Gasteiger partial charge in [-0.15, -0.1) is 0 Å². The van der Waals surface area contributed by atoms with Gasteiger partial charge in [-0.05, 0) is 38.0 Å². The molecule has 0 aromatic rings. The maximum Gasteiger partial charge on any atom is 0.303 e. The minimum atomic E-state index is -0.661. The van der Waals surface area contributed by atoms with Gasteiger partial charge in [-0.1, -0.05) is 70.9 Å². The Kier molecular flexibility index (Phi) is 15.0. The summed E-state index contributed by atoms with van der Waals surface area (Å²) in [6.07, 6.45) is 19.8. The fourth-order valence-electron chi connectivity index (χ4n) is 2.57. The molecule has 0 aromatic heterocycles. The summed E-state index contributed by atoms with van der Waals surface area (Å²) < 4.78 is 0. The van der Waals surface area contributed by atoms with Gasteiger partial charge in [0.15, 0.2) is 0 Å². The molecule has 0 radical (unpaired) electrons. The molecule has 0 bridgehead atoms. The average molecular weight is 296 g/mol. The summed E-state index contributed by atoms with van der Waals surface area (Å²) in [6.45, 7) is 4.60. The molecule has 0 amide bonds. The van der Waals surface area contributed by atoms with E-state index in [2.05, 4.69) is 26.0 Å². The zero-order valence-corrected chi connectivity index (χ0v) is 14.3. The van der Waals surface area contributed by atoms with Gasteiger partial charge < -0.3 is 5.11 Å². The van der Waals surface area contributed by atoms with E-state index in [1.165, 1.54) is 64.2 Å². The third kappa shape index (κ3) is 17.2. The lowest BCUT2D eigenvalue weighted by Gasteiger charge is -2.09. The summed E-state index contributed by atoms with van der Waals surface area (Å²) in [5.74, 6) is 0.163. The number of carboxylic acids is 1. The molecule has 0 saturated heterocycles. The van der Waals surface area contributed by atoms with Gasteiger partial charge in [-0.3, -0.25) is 4.79 Å². The fourth-order valence-corrected chi connectivity index (χ4v) is 2.57. The zero-order chi connectivity index (χ0) is 15.8. The molecule has 1 atom stereocenters. The van der Waals surface area contributed by atoms with Crippen molar-refractivity contribution in [2.75, 3.05) is 0 Å². The molecule has 124 valence electrons. The number of allylic oxidation sites excluding steroid dienone is 2. The average Bonchev–Trinajstić information content (AvgIpc) is 2.45. The van der Waals surface area contributed by atoms with E-state index < -0.39 is 5.97 Å². The summed E-state index contributed by atoms with van der Waals surface area (Å²) in [4.78, 5) is 10.4. The van der Waals surface area contributed by atoms with Gasteiger partial charge in [0.2, 0.25) is 0 Å². The van der Waals surface area contributed by atoms with Crippen molar-refractivity contribution in [1.82, 2.24) is 0 Å². The van der Waals surface area contributed by atoms with Crippen molar-refractivity contribution in [2.45, 2.75) is 97.3 Å². The molecule has 0 fully saturated rings. The predicted octanol–water partition coefficient (Wildman–Crippen LogP) is 6.35. The molecule has 1 N–H and O–H groups in total. The standard InChI is InChI=1S/C19H36O2/c1-3-4-5-6-7-9-12-15-18(2)16-13-10-8-11-14-17-19(20)21/h7,9,18H,3-6,8,10-17H2,1-2H3,(H,20,21)/b9-7+. The highest BCUT2D eigenvalue weighted by Gasteiger charge is 2.01. The summed E-state index contributed by atoms with van der Waals surface area (Å²) in [5.41, 5.74) is 0. The molecule has 0 aliphatic heterocycles. The van der Waals surface area contributed by atoms with Crippen molar-refractivity contribution in [2.24, 2.45) is 5.92 Å². The highest BCUT2D eigenvalue weighted by atomic mass is 16.4. The second-order valence-corrected chi connectivity index (χ2v) is 6.35.